The molecule has 0 N–H and O–H groups in total. The lowest BCUT2D eigenvalue weighted by atomic mass is 10.0. The number of carbonyl (C=O) groups excluding carboxylic acids is 2. The van der Waals surface area contributed by atoms with Crippen LogP contribution in [-0.4, -0.2) is 47.8 Å². The summed E-state index contributed by atoms with van der Waals surface area (Å²) in [7, 11) is 0. The Kier molecular flexibility index (Phi) is 11.3. The van der Waals surface area contributed by atoms with Crippen LogP contribution in [0, 0.1) is 0 Å². The van der Waals surface area contributed by atoms with Crippen LogP contribution in [0.2, 0.25) is 0 Å². The van der Waals surface area contributed by atoms with Gasteiger partial charge in [0.25, 0.3) is 11.8 Å². The van der Waals surface area contributed by atoms with Gasteiger partial charge in [-0.1, -0.05) is 97.1 Å². The summed E-state index contributed by atoms with van der Waals surface area (Å²) in [4.78, 5) is 29.0. The van der Waals surface area contributed by atoms with Gasteiger partial charge in [0.1, 0.15) is 23.0 Å². The van der Waals surface area contributed by atoms with Crippen molar-refractivity contribution in [3.63, 3.8) is 0 Å². The van der Waals surface area contributed by atoms with Crippen molar-refractivity contribution in [2.75, 3.05) is 13.5 Å². The third-order valence-electron chi connectivity index (χ3n) is 9.02. The molecule has 296 valence electrons. The van der Waals surface area contributed by atoms with Crippen LogP contribution in [0.1, 0.15) is 31.8 Å². The second kappa shape index (κ2) is 16.6. The number of amides is 2. The molecule has 0 radical (unpaired) electrons. The number of rotatable bonds is 8. The van der Waals surface area contributed by atoms with Gasteiger partial charge in [0.15, 0.2) is 13.5 Å². The summed E-state index contributed by atoms with van der Waals surface area (Å²) in [5.41, 5.74) is 5.53. The maximum atomic E-state index is 12.9. The summed E-state index contributed by atoms with van der Waals surface area (Å²) in [6.45, 7) is 1.16. The van der Waals surface area contributed by atoms with Crippen LogP contribution < -0.4 is 18.9 Å². The monoisotopic (exact) mass is 798 g/mol. The first kappa shape index (κ1) is 39.3. The summed E-state index contributed by atoms with van der Waals surface area (Å²) in [6, 6.07) is 40.5. The quantitative estimate of drug-likeness (QED) is 0.143. The number of nitrogens with zero attached hydrogens (tertiary/aromatic N) is 2. The number of hydrogen-bond acceptors (Lipinski definition) is 6. The lowest BCUT2D eigenvalue weighted by Gasteiger charge is -2.29. The molecule has 0 aliphatic carbocycles. The van der Waals surface area contributed by atoms with Crippen molar-refractivity contribution in [3.8, 4) is 45.3 Å². The number of halogens is 6. The van der Waals surface area contributed by atoms with E-state index in [1.165, 1.54) is 48.5 Å². The van der Waals surface area contributed by atoms with Crippen LogP contribution in [0.15, 0.2) is 146 Å². The van der Waals surface area contributed by atoms with Gasteiger partial charge in [0, 0.05) is 13.1 Å². The minimum Gasteiger partial charge on any atom is -0.472 e. The molecule has 0 unspecified atom stereocenters. The molecular weight excluding hydrogens is 766 g/mol. The molecular formula is C44H32F6N2O6. The Hall–Kier alpha value is -6.96. The predicted molar refractivity (Wildman–Crippen MR) is 201 cm³/mol. The molecule has 14 heteroatoms. The number of hydrogen-bond donors (Lipinski definition) is 0. The summed E-state index contributed by atoms with van der Waals surface area (Å²) >= 11 is 0. The predicted octanol–water partition coefficient (Wildman–Crippen LogP) is 10.5. The van der Waals surface area contributed by atoms with Crippen molar-refractivity contribution in [2.24, 2.45) is 0 Å². The van der Waals surface area contributed by atoms with Crippen LogP contribution in [-0.2, 0) is 13.1 Å². The summed E-state index contributed by atoms with van der Waals surface area (Å²) in [6.07, 6.45) is -9.47. The third-order valence-corrected chi connectivity index (χ3v) is 9.02. The largest absolute Gasteiger partial charge is 0.573 e. The zero-order valence-corrected chi connectivity index (χ0v) is 30.3. The molecule has 0 aromatic heterocycles. The molecule has 8 nitrogen and oxygen atoms in total. The van der Waals surface area contributed by atoms with E-state index in [-0.39, 0.29) is 36.8 Å². The maximum Gasteiger partial charge on any atom is 0.573 e. The highest BCUT2D eigenvalue weighted by Gasteiger charge is 2.32. The Morgan fingerprint density at radius 1 is 0.466 bits per heavy atom. The molecule has 0 fully saturated rings. The van der Waals surface area contributed by atoms with Gasteiger partial charge in [-0.25, -0.2) is 0 Å². The van der Waals surface area contributed by atoms with Crippen molar-refractivity contribution in [3.05, 3.63) is 168 Å². The lowest BCUT2D eigenvalue weighted by molar-refractivity contribution is -0.275. The van der Waals surface area contributed by atoms with E-state index in [1.54, 1.807) is 46.2 Å². The first-order valence-corrected chi connectivity index (χ1v) is 17.7. The van der Waals surface area contributed by atoms with Crippen molar-refractivity contribution in [2.45, 2.75) is 25.8 Å². The van der Waals surface area contributed by atoms with Gasteiger partial charge in [-0.2, -0.15) is 0 Å². The molecule has 2 amide bonds. The zero-order valence-electron chi connectivity index (χ0n) is 30.3. The second-order valence-corrected chi connectivity index (χ2v) is 13.1. The Bertz CT molecular complexity index is 2200. The van der Waals surface area contributed by atoms with Crippen molar-refractivity contribution in [1.29, 1.82) is 0 Å². The minimum atomic E-state index is -4.74. The molecule has 0 atom stereocenters. The zero-order chi connectivity index (χ0) is 40.9. The highest BCUT2D eigenvalue weighted by molar-refractivity contribution is 5.99. The Morgan fingerprint density at radius 2 is 0.810 bits per heavy atom. The Morgan fingerprint density at radius 3 is 1.16 bits per heavy atom. The van der Waals surface area contributed by atoms with E-state index < -0.39 is 12.7 Å². The van der Waals surface area contributed by atoms with Gasteiger partial charge in [-0.15, -0.1) is 26.3 Å². The molecule has 0 saturated heterocycles. The first-order valence-electron chi connectivity index (χ1n) is 17.7. The number of ether oxygens (including phenoxy) is 4. The number of benzene rings is 6. The fourth-order valence-corrected chi connectivity index (χ4v) is 6.30. The smallest absolute Gasteiger partial charge is 0.472 e. The fraction of sp³-hybridized carbons (Fsp3) is 0.136. The van der Waals surface area contributed by atoms with Crippen LogP contribution >= 0.6 is 0 Å². The number of carbonyl (C=O) groups is 2. The van der Waals surface area contributed by atoms with Gasteiger partial charge < -0.3 is 28.7 Å². The maximum absolute atomic E-state index is 12.9. The highest BCUT2D eigenvalue weighted by Crippen LogP contribution is 2.34. The van der Waals surface area contributed by atoms with E-state index >= 15 is 0 Å². The molecule has 0 saturated carbocycles. The van der Waals surface area contributed by atoms with E-state index in [1.807, 2.05) is 60.7 Å². The number of alkyl halides is 6. The molecule has 2 heterocycles. The molecule has 2 aliphatic heterocycles. The summed E-state index contributed by atoms with van der Waals surface area (Å²) < 4.78 is 93.1. The molecule has 8 rings (SSSR count). The summed E-state index contributed by atoms with van der Waals surface area (Å²) in [5.74, 6) is 0.0587. The van der Waals surface area contributed by atoms with E-state index in [0.717, 1.165) is 11.1 Å². The van der Waals surface area contributed by atoms with Crippen LogP contribution in [0.5, 0.6) is 23.0 Å². The van der Waals surface area contributed by atoms with Crippen LogP contribution in [0.25, 0.3) is 22.3 Å². The van der Waals surface area contributed by atoms with Gasteiger partial charge in [-0.3, -0.25) is 9.59 Å². The first-order chi connectivity index (χ1) is 27.8. The van der Waals surface area contributed by atoms with E-state index in [0.29, 0.717) is 58.0 Å². The van der Waals surface area contributed by atoms with Crippen molar-refractivity contribution >= 4 is 11.8 Å². The molecule has 6 aromatic rings. The third kappa shape index (κ3) is 9.88. The topological polar surface area (TPSA) is 77.5 Å². The van der Waals surface area contributed by atoms with E-state index in [2.05, 4.69) is 9.47 Å². The Balaban J connectivity index is 0.000000177. The average Bonchev–Trinajstić information content (AvgIpc) is 3.20. The highest BCUT2D eigenvalue weighted by atomic mass is 19.4. The number of fused-ring (bicyclic) bond motifs is 2. The molecule has 0 bridgehead atoms. The van der Waals surface area contributed by atoms with Crippen molar-refractivity contribution < 1.29 is 54.9 Å². The minimum absolute atomic E-state index is 0.156. The second-order valence-electron chi connectivity index (χ2n) is 13.1. The summed E-state index contributed by atoms with van der Waals surface area (Å²) in [5, 5.41) is 0. The van der Waals surface area contributed by atoms with Gasteiger partial charge in [0.05, 0.1) is 11.1 Å². The normalized spacial score (nSPS) is 13.6. The van der Waals surface area contributed by atoms with Gasteiger partial charge >= 0.3 is 12.7 Å². The molecule has 2 aliphatic rings. The molecule has 6 aromatic carbocycles. The standard InChI is InChI=1S/2C22H16F3NO3/c2*23-22(24,25)29-18-9-6-16(7-10-18)17-8-11-20-19(12-17)21(27)26(14-28-20)13-15-4-2-1-3-5-15/h2*1-12H,13-14H2. The lowest BCUT2D eigenvalue weighted by Crippen LogP contribution is -2.38. The van der Waals surface area contributed by atoms with Crippen LogP contribution in [0.4, 0.5) is 26.3 Å². The van der Waals surface area contributed by atoms with Gasteiger partial charge in [-0.05, 0) is 81.9 Å². The van der Waals surface area contributed by atoms with E-state index in [4.69, 9.17) is 9.47 Å². The van der Waals surface area contributed by atoms with Crippen molar-refractivity contribution in [1.82, 2.24) is 9.80 Å². The average molecular weight is 799 g/mol. The SMILES string of the molecule is O=C1c2cc(-c3ccc(OC(F)(F)F)cc3)ccc2OCN1Cc1ccccc1.O=C1c2cc(-c3ccc(OC(F)(F)F)cc3)ccc2OCN1Cc1ccccc1. The van der Waals surface area contributed by atoms with Gasteiger partial charge in [0.2, 0.25) is 0 Å². The Labute approximate surface area is 328 Å². The van der Waals surface area contributed by atoms with E-state index in [9.17, 15) is 35.9 Å². The fourth-order valence-electron chi connectivity index (χ4n) is 6.30. The van der Waals surface area contributed by atoms with Crippen LogP contribution in [0.3, 0.4) is 0 Å². The molecule has 0 spiro atoms. The molecule has 58 heavy (non-hydrogen) atoms.